The summed E-state index contributed by atoms with van der Waals surface area (Å²) < 4.78 is 9.79. The van der Waals surface area contributed by atoms with Crippen molar-refractivity contribution in [2.45, 2.75) is 12.8 Å². The van der Waals surface area contributed by atoms with Crippen LogP contribution in [0.5, 0.6) is 5.75 Å². The molecule has 2 N–H and O–H groups in total. The molecule has 0 aliphatic carbocycles. The highest BCUT2D eigenvalue weighted by atomic mass is 16.5. The van der Waals surface area contributed by atoms with Gasteiger partial charge in [0, 0.05) is 12.2 Å². The lowest BCUT2D eigenvalue weighted by atomic mass is 10.1. The van der Waals surface area contributed by atoms with Crippen LogP contribution >= 0.6 is 0 Å². The Hall–Kier alpha value is -3.35. The first-order valence-corrected chi connectivity index (χ1v) is 8.39. The van der Waals surface area contributed by atoms with Crippen LogP contribution in [0, 0.1) is 0 Å². The third kappa shape index (κ3) is 6.47. The summed E-state index contributed by atoms with van der Waals surface area (Å²) in [4.78, 5) is 35.4. The molecule has 2 rings (SSSR count). The van der Waals surface area contributed by atoms with Gasteiger partial charge in [0.15, 0.2) is 0 Å². The van der Waals surface area contributed by atoms with E-state index in [0.717, 1.165) is 11.3 Å². The molecule has 0 unspecified atom stereocenters. The van der Waals surface area contributed by atoms with Gasteiger partial charge in [0.05, 0.1) is 19.8 Å². The molecule has 0 bridgehead atoms. The second kappa shape index (κ2) is 9.96. The Bertz CT molecular complexity index is 820. The van der Waals surface area contributed by atoms with Gasteiger partial charge < -0.3 is 20.1 Å². The maximum atomic E-state index is 12.0. The fourth-order valence-electron chi connectivity index (χ4n) is 2.43. The number of hydrogen-bond acceptors (Lipinski definition) is 5. The number of hydrogen-bond donors (Lipinski definition) is 2. The molecule has 0 radical (unpaired) electrons. The van der Waals surface area contributed by atoms with Crippen LogP contribution in [0.15, 0.2) is 48.5 Å². The summed E-state index contributed by atoms with van der Waals surface area (Å²) in [7, 11) is 2.88. The van der Waals surface area contributed by atoms with Crippen molar-refractivity contribution in [3.63, 3.8) is 0 Å². The SMILES string of the molecule is COC(=O)c1cccc(NC(=O)CC(=O)NCCc2cccc(OC)c2)c1. The summed E-state index contributed by atoms with van der Waals surface area (Å²) in [5, 5.41) is 5.30. The largest absolute Gasteiger partial charge is 0.497 e. The highest BCUT2D eigenvalue weighted by Crippen LogP contribution is 2.13. The monoisotopic (exact) mass is 370 g/mol. The van der Waals surface area contributed by atoms with Crippen LogP contribution in [-0.2, 0) is 20.7 Å². The molecule has 27 heavy (non-hydrogen) atoms. The molecule has 0 saturated carbocycles. The molecule has 0 aliphatic rings. The standard InChI is InChI=1S/C20H22N2O5/c1-26-17-8-3-5-14(11-17)9-10-21-18(23)13-19(24)22-16-7-4-6-15(12-16)20(25)27-2/h3-8,11-12H,9-10,13H2,1-2H3,(H,21,23)(H,22,24). The van der Waals surface area contributed by atoms with E-state index in [2.05, 4.69) is 15.4 Å². The number of carbonyl (C=O) groups excluding carboxylic acids is 3. The molecule has 0 fully saturated rings. The molecule has 0 aromatic heterocycles. The second-order valence-corrected chi connectivity index (χ2v) is 5.75. The molecule has 0 saturated heterocycles. The van der Waals surface area contributed by atoms with E-state index in [-0.39, 0.29) is 12.3 Å². The minimum Gasteiger partial charge on any atom is -0.497 e. The Morgan fingerprint density at radius 3 is 2.48 bits per heavy atom. The van der Waals surface area contributed by atoms with Gasteiger partial charge in [-0.3, -0.25) is 9.59 Å². The van der Waals surface area contributed by atoms with E-state index in [1.54, 1.807) is 25.3 Å². The number of esters is 1. The van der Waals surface area contributed by atoms with Crippen LogP contribution in [0.3, 0.4) is 0 Å². The van der Waals surface area contributed by atoms with Crippen LogP contribution in [0.25, 0.3) is 0 Å². The minimum atomic E-state index is -0.499. The number of anilines is 1. The second-order valence-electron chi connectivity index (χ2n) is 5.75. The Morgan fingerprint density at radius 1 is 0.963 bits per heavy atom. The van der Waals surface area contributed by atoms with Crippen molar-refractivity contribution in [2.75, 3.05) is 26.1 Å². The van der Waals surface area contributed by atoms with Crippen molar-refractivity contribution in [1.82, 2.24) is 5.32 Å². The third-order valence-corrected chi connectivity index (χ3v) is 3.76. The van der Waals surface area contributed by atoms with E-state index in [9.17, 15) is 14.4 Å². The van der Waals surface area contributed by atoms with Crippen LogP contribution in [0.4, 0.5) is 5.69 Å². The highest BCUT2D eigenvalue weighted by molar-refractivity contribution is 6.04. The van der Waals surface area contributed by atoms with Crippen molar-refractivity contribution in [2.24, 2.45) is 0 Å². The smallest absolute Gasteiger partial charge is 0.337 e. The summed E-state index contributed by atoms with van der Waals surface area (Å²) in [5.41, 5.74) is 1.77. The van der Waals surface area contributed by atoms with E-state index < -0.39 is 11.9 Å². The summed E-state index contributed by atoms with van der Waals surface area (Å²) in [6.07, 6.45) is 0.326. The van der Waals surface area contributed by atoms with Gasteiger partial charge in [-0.05, 0) is 42.3 Å². The number of amides is 2. The number of carbonyl (C=O) groups is 3. The zero-order valence-corrected chi connectivity index (χ0v) is 15.3. The average molecular weight is 370 g/mol. The van der Waals surface area contributed by atoms with E-state index in [0.29, 0.717) is 24.2 Å². The molecule has 0 atom stereocenters. The van der Waals surface area contributed by atoms with E-state index in [1.807, 2.05) is 24.3 Å². The molecule has 7 nitrogen and oxygen atoms in total. The zero-order chi connectivity index (χ0) is 19.6. The van der Waals surface area contributed by atoms with Crippen molar-refractivity contribution >= 4 is 23.5 Å². The summed E-state index contributed by atoms with van der Waals surface area (Å²) >= 11 is 0. The molecule has 0 heterocycles. The van der Waals surface area contributed by atoms with Crippen LogP contribution in [-0.4, -0.2) is 38.5 Å². The number of nitrogens with one attached hydrogen (secondary N) is 2. The molecule has 2 amide bonds. The maximum absolute atomic E-state index is 12.0. The maximum Gasteiger partial charge on any atom is 0.337 e. The topological polar surface area (TPSA) is 93.7 Å². The fraction of sp³-hybridized carbons (Fsp3) is 0.250. The van der Waals surface area contributed by atoms with Crippen molar-refractivity contribution < 1.29 is 23.9 Å². The Kier molecular flexibility index (Phi) is 7.37. The first kappa shape index (κ1) is 20.0. The lowest BCUT2D eigenvalue weighted by Crippen LogP contribution is -2.29. The fourth-order valence-corrected chi connectivity index (χ4v) is 2.43. The Labute approximate surface area is 157 Å². The quantitative estimate of drug-likeness (QED) is 0.549. The van der Waals surface area contributed by atoms with E-state index >= 15 is 0 Å². The molecule has 0 spiro atoms. The molecule has 7 heteroatoms. The first-order valence-electron chi connectivity index (χ1n) is 8.39. The predicted molar refractivity (Wildman–Crippen MR) is 101 cm³/mol. The van der Waals surface area contributed by atoms with Gasteiger partial charge in [-0.25, -0.2) is 4.79 Å². The van der Waals surface area contributed by atoms with Gasteiger partial charge in [-0.15, -0.1) is 0 Å². The van der Waals surface area contributed by atoms with Crippen molar-refractivity contribution in [1.29, 1.82) is 0 Å². The predicted octanol–water partition coefficient (Wildman–Crippen LogP) is 2.17. The van der Waals surface area contributed by atoms with Gasteiger partial charge in [-0.1, -0.05) is 18.2 Å². The molecule has 2 aromatic carbocycles. The normalized spacial score (nSPS) is 10.0. The average Bonchev–Trinajstić information content (AvgIpc) is 2.67. The minimum absolute atomic E-state index is 0.305. The van der Waals surface area contributed by atoms with Crippen LogP contribution in [0.2, 0.25) is 0 Å². The first-order chi connectivity index (χ1) is 13.0. The van der Waals surface area contributed by atoms with Crippen LogP contribution in [0.1, 0.15) is 22.3 Å². The number of benzene rings is 2. The summed E-state index contributed by atoms with van der Waals surface area (Å²) in [6.45, 7) is 0.414. The molecule has 142 valence electrons. The third-order valence-electron chi connectivity index (χ3n) is 3.76. The number of methoxy groups -OCH3 is 2. The number of rotatable bonds is 8. The van der Waals surface area contributed by atoms with Gasteiger partial charge in [0.2, 0.25) is 11.8 Å². The van der Waals surface area contributed by atoms with Crippen molar-refractivity contribution in [3.8, 4) is 5.75 Å². The molecular formula is C20H22N2O5. The molecule has 0 aliphatic heterocycles. The van der Waals surface area contributed by atoms with Gasteiger partial charge >= 0.3 is 5.97 Å². The number of ether oxygens (including phenoxy) is 2. The lowest BCUT2D eigenvalue weighted by Gasteiger charge is -2.08. The lowest BCUT2D eigenvalue weighted by molar-refractivity contribution is -0.126. The highest BCUT2D eigenvalue weighted by Gasteiger charge is 2.11. The van der Waals surface area contributed by atoms with E-state index in [1.165, 1.54) is 13.2 Å². The zero-order valence-electron chi connectivity index (χ0n) is 15.3. The Balaban J connectivity index is 1.78. The van der Waals surface area contributed by atoms with Gasteiger partial charge in [0.1, 0.15) is 12.2 Å². The Morgan fingerprint density at radius 2 is 1.74 bits per heavy atom. The van der Waals surface area contributed by atoms with Gasteiger partial charge in [-0.2, -0.15) is 0 Å². The summed E-state index contributed by atoms with van der Waals surface area (Å²) in [6, 6.07) is 13.9. The van der Waals surface area contributed by atoms with E-state index in [4.69, 9.17) is 4.74 Å². The van der Waals surface area contributed by atoms with Crippen molar-refractivity contribution in [3.05, 3.63) is 59.7 Å². The van der Waals surface area contributed by atoms with Crippen LogP contribution < -0.4 is 15.4 Å². The van der Waals surface area contributed by atoms with Gasteiger partial charge in [0.25, 0.3) is 0 Å². The summed E-state index contributed by atoms with van der Waals surface area (Å²) in [5.74, 6) is -0.579. The molecular weight excluding hydrogens is 348 g/mol. The molecule has 2 aromatic rings.